The summed E-state index contributed by atoms with van der Waals surface area (Å²) in [4.78, 5) is 11.5. The number of carbonyl (C=O) groups excluding carboxylic acids is 1. The van der Waals surface area contributed by atoms with Gasteiger partial charge in [-0.15, -0.1) is 0 Å². The maximum atomic E-state index is 11.5. The zero-order valence-electron chi connectivity index (χ0n) is 10.5. The van der Waals surface area contributed by atoms with Crippen LogP contribution in [0.3, 0.4) is 0 Å². The number of rotatable bonds is 5. The lowest BCUT2D eigenvalue weighted by atomic mass is 10.3. The first-order valence-electron chi connectivity index (χ1n) is 5.87. The molecule has 0 aliphatic heterocycles. The molecule has 0 bridgehead atoms. The fraction of sp³-hybridized carbons (Fsp3) is 0.417. The Bertz CT molecular complexity index is 530. The van der Waals surface area contributed by atoms with Crippen LogP contribution >= 0.6 is 0 Å². The molecule has 0 unspecified atom stereocenters. The number of hydrogen-bond acceptors (Lipinski definition) is 4. The zero-order chi connectivity index (χ0) is 13.0. The van der Waals surface area contributed by atoms with E-state index in [2.05, 4.69) is 10.2 Å². The van der Waals surface area contributed by atoms with E-state index in [0.717, 1.165) is 12.1 Å². The maximum absolute atomic E-state index is 11.5. The van der Waals surface area contributed by atoms with Crippen molar-refractivity contribution in [3.05, 3.63) is 35.9 Å². The van der Waals surface area contributed by atoms with E-state index >= 15 is 0 Å². The van der Waals surface area contributed by atoms with Crippen LogP contribution < -0.4 is 0 Å². The Morgan fingerprint density at radius 1 is 1.44 bits per heavy atom. The van der Waals surface area contributed by atoms with Gasteiger partial charge < -0.3 is 4.74 Å². The van der Waals surface area contributed by atoms with E-state index in [1.54, 1.807) is 24.0 Å². The van der Waals surface area contributed by atoms with E-state index in [4.69, 9.17) is 4.74 Å². The van der Waals surface area contributed by atoms with Crippen LogP contribution in [-0.4, -0.2) is 32.1 Å². The van der Waals surface area contributed by atoms with Crippen molar-refractivity contribution in [3.8, 4) is 0 Å². The van der Waals surface area contributed by atoms with E-state index in [9.17, 15) is 4.79 Å². The van der Waals surface area contributed by atoms with Crippen molar-refractivity contribution in [2.45, 2.75) is 19.9 Å². The van der Waals surface area contributed by atoms with E-state index in [-0.39, 0.29) is 5.97 Å². The number of hydrogen-bond donors (Lipinski definition) is 0. The van der Waals surface area contributed by atoms with Gasteiger partial charge in [0.05, 0.1) is 18.4 Å². The molecule has 6 heteroatoms. The normalized spacial score (nSPS) is 10.6. The van der Waals surface area contributed by atoms with Crippen molar-refractivity contribution in [2.75, 3.05) is 6.61 Å². The predicted molar refractivity (Wildman–Crippen MR) is 65.1 cm³/mol. The molecule has 0 spiro atoms. The minimum atomic E-state index is -0.329. The molecule has 2 rings (SSSR count). The summed E-state index contributed by atoms with van der Waals surface area (Å²) in [6.07, 6.45) is 5.82. The fourth-order valence-electron chi connectivity index (χ4n) is 1.68. The Balaban J connectivity index is 1.95. The Morgan fingerprint density at radius 3 is 2.94 bits per heavy atom. The van der Waals surface area contributed by atoms with Crippen LogP contribution in [0.5, 0.6) is 0 Å². The Hall–Kier alpha value is -2.11. The summed E-state index contributed by atoms with van der Waals surface area (Å²) in [7, 11) is 1.91. The van der Waals surface area contributed by atoms with Crippen molar-refractivity contribution in [1.82, 2.24) is 19.6 Å². The molecule has 18 heavy (non-hydrogen) atoms. The van der Waals surface area contributed by atoms with E-state index in [1.807, 2.05) is 17.8 Å². The third kappa shape index (κ3) is 2.77. The quantitative estimate of drug-likeness (QED) is 0.742. The number of esters is 1. The zero-order valence-corrected chi connectivity index (χ0v) is 10.5. The molecule has 0 atom stereocenters. The molecular weight excluding hydrogens is 232 g/mol. The topological polar surface area (TPSA) is 61.9 Å². The second-order valence-corrected chi connectivity index (χ2v) is 3.91. The lowest BCUT2D eigenvalue weighted by Gasteiger charge is -2.02. The lowest BCUT2D eigenvalue weighted by molar-refractivity contribution is 0.0526. The van der Waals surface area contributed by atoms with Gasteiger partial charge in [-0.25, -0.2) is 4.79 Å². The standard InChI is InChI=1S/C12H16N4O2/c1-3-18-12(17)10-8-14-16(9-10)7-5-11-4-6-13-15(11)2/h4,6,8-9H,3,5,7H2,1-2H3. The van der Waals surface area contributed by atoms with Crippen molar-refractivity contribution >= 4 is 5.97 Å². The van der Waals surface area contributed by atoms with Crippen molar-refractivity contribution in [1.29, 1.82) is 0 Å². The van der Waals surface area contributed by atoms with Gasteiger partial charge in [0.15, 0.2) is 0 Å². The monoisotopic (exact) mass is 248 g/mol. The molecule has 2 aromatic rings. The Kier molecular flexibility index (Phi) is 3.76. The first-order chi connectivity index (χ1) is 8.70. The molecule has 0 fully saturated rings. The molecule has 0 saturated carbocycles. The smallest absolute Gasteiger partial charge is 0.341 e. The summed E-state index contributed by atoms with van der Waals surface area (Å²) in [5.74, 6) is -0.329. The third-order valence-corrected chi connectivity index (χ3v) is 2.66. The van der Waals surface area contributed by atoms with Crippen LogP contribution in [0.2, 0.25) is 0 Å². The number of nitrogens with zero attached hydrogens (tertiary/aromatic N) is 4. The SMILES string of the molecule is CCOC(=O)c1cnn(CCc2ccnn2C)c1. The highest BCUT2D eigenvalue weighted by Gasteiger charge is 2.09. The van der Waals surface area contributed by atoms with Crippen LogP contribution in [0.4, 0.5) is 0 Å². The highest BCUT2D eigenvalue weighted by atomic mass is 16.5. The van der Waals surface area contributed by atoms with Crippen LogP contribution in [0.1, 0.15) is 23.0 Å². The molecule has 0 amide bonds. The van der Waals surface area contributed by atoms with Gasteiger partial charge in [0.2, 0.25) is 0 Å². The summed E-state index contributed by atoms with van der Waals surface area (Å²) in [5.41, 5.74) is 1.62. The minimum absolute atomic E-state index is 0.329. The second-order valence-electron chi connectivity index (χ2n) is 3.91. The van der Waals surface area contributed by atoms with E-state index in [1.165, 1.54) is 6.20 Å². The van der Waals surface area contributed by atoms with Gasteiger partial charge in [-0.05, 0) is 13.0 Å². The highest BCUT2D eigenvalue weighted by molar-refractivity contribution is 5.88. The molecule has 0 radical (unpaired) electrons. The summed E-state index contributed by atoms with van der Waals surface area (Å²) in [6.45, 7) is 2.86. The first kappa shape index (κ1) is 12.3. The Morgan fingerprint density at radius 2 is 2.28 bits per heavy atom. The largest absolute Gasteiger partial charge is 0.462 e. The van der Waals surface area contributed by atoms with Crippen LogP contribution in [0, 0.1) is 0 Å². The van der Waals surface area contributed by atoms with Crippen LogP contribution in [0.15, 0.2) is 24.7 Å². The molecule has 0 saturated heterocycles. The third-order valence-electron chi connectivity index (χ3n) is 2.66. The second kappa shape index (κ2) is 5.48. The molecule has 0 aliphatic rings. The van der Waals surface area contributed by atoms with Crippen molar-refractivity contribution in [3.63, 3.8) is 0 Å². The summed E-state index contributed by atoms with van der Waals surface area (Å²) < 4.78 is 8.47. The molecule has 2 aromatic heterocycles. The summed E-state index contributed by atoms with van der Waals surface area (Å²) in [5, 5.41) is 8.23. The van der Waals surface area contributed by atoms with Gasteiger partial charge >= 0.3 is 5.97 Å². The Labute approximate surface area is 105 Å². The number of aryl methyl sites for hydroxylation is 3. The maximum Gasteiger partial charge on any atom is 0.341 e. The summed E-state index contributed by atoms with van der Waals surface area (Å²) >= 11 is 0. The molecule has 6 nitrogen and oxygen atoms in total. The van der Waals surface area contributed by atoms with Gasteiger partial charge in [0.25, 0.3) is 0 Å². The van der Waals surface area contributed by atoms with E-state index < -0.39 is 0 Å². The molecule has 0 aromatic carbocycles. The minimum Gasteiger partial charge on any atom is -0.462 e. The van der Waals surface area contributed by atoms with Crippen molar-refractivity contribution in [2.24, 2.45) is 7.05 Å². The fourth-order valence-corrected chi connectivity index (χ4v) is 1.68. The van der Waals surface area contributed by atoms with Gasteiger partial charge in [-0.3, -0.25) is 9.36 Å². The van der Waals surface area contributed by atoms with E-state index in [0.29, 0.717) is 18.7 Å². The molecule has 0 aliphatic carbocycles. The average molecular weight is 248 g/mol. The van der Waals surface area contributed by atoms with Crippen LogP contribution in [0.25, 0.3) is 0 Å². The van der Waals surface area contributed by atoms with Gasteiger partial charge in [-0.1, -0.05) is 0 Å². The molecular formula is C12H16N4O2. The molecule has 96 valence electrons. The number of aromatic nitrogens is 4. The average Bonchev–Trinajstić information content (AvgIpc) is 2.96. The van der Waals surface area contributed by atoms with Gasteiger partial charge in [-0.2, -0.15) is 10.2 Å². The number of carbonyl (C=O) groups is 1. The molecule has 2 heterocycles. The van der Waals surface area contributed by atoms with Crippen molar-refractivity contribution < 1.29 is 9.53 Å². The lowest BCUT2D eigenvalue weighted by Crippen LogP contribution is -2.06. The van der Waals surface area contributed by atoms with Gasteiger partial charge in [0.1, 0.15) is 0 Å². The number of ether oxygens (including phenoxy) is 1. The molecule has 0 N–H and O–H groups in total. The highest BCUT2D eigenvalue weighted by Crippen LogP contribution is 2.03. The van der Waals surface area contributed by atoms with Crippen LogP contribution in [-0.2, 0) is 24.8 Å². The first-order valence-corrected chi connectivity index (χ1v) is 5.87. The van der Waals surface area contributed by atoms with Gasteiger partial charge in [0, 0.05) is 38.1 Å². The predicted octanol–water partition coefficient (Wildman–Crippen LogP) is 1.04. The summed E-state index contributed by atoms with van der Waals surface area (Å²) in [6, 6.07) is 1.97.